The highest BCUT2D eigenvalue weighted by atomic mass is 35.5. The lowest BCUT2D eigenvalue weighted by Crippen LogP contribution is -2.29. The molecule has 25 heavy (non-hydrogen) atoms. The minimum atomic E-state index is -1.04. The van der Waals surface area contributed by atoms with E-state index < -0.39 is 18.0 Å². The van der Waals surface area contributed by atoms with Gasteiger partial charge in [0, 0.05) is 10.9 Å². The maximum Gasteiger partial charge on any atom is 0.349 e. The van der Waals surface area contributed by atoms with Gasteiger partial charge in [-0.25, -0.2) is 14.2 Å². The summed E-state index contributed by atoms with van der Waals surface area (Å²) >= 11 is 7.04. The molecule has 0 aliphatic rings. The molecule has 3 rings (SSSR count). The molecule has 2 heterocycles. The molecule has 1 N–H and O–H groups in total. The summed E-state index contributed by atoms with van der Waals surface area (Å²) < 4.78 is 19.2. The summed E-state index contributed by atoms with van der Waals surface area (Å²) in [6, 6.07) is 8.99. The zero-order chi connectivity index (χ0) is 18.0. The molecule has 0 aliphatic heterocycles. The number of carbonyl (C=O) groups is 2. The smallest absolute Gasteiger partial charge is 0.349 e. The molecule has 0 saturated heterocycles. The molecule has 3 aromatic rings. The Morgan fingerprint density at radius 3 is 2.88 bits per heavy atom. The van der Waals surface area contributed by atoms with Crippen LogP contribution >= 0.6 is 22.9 Å². The van der Waals surface area contributed by atoms with E-state index in [1.807, 2.05) is 0 Å². The maximum absolute atomic E-state index is 13.2. The van der Waals surface area contributed by atoms with Crippen LogP contribution in [0.15, 0.2) is 42.6 Å². The Morgan fingerprint density at radius 2 is 2.12 bits per heavy atom. The number of pyridine rings is 1. The molecule has 0 fully saturated rings. The van der Waals surface area contributed by atoms with Crippen LogP contribution < -0.4 is 5.32 Å². The van der Waals surface area contributed by atoms with E-state index in [0.29, 0.717) is 16.0 Å². The number of esters is 1. The van der Waals surface area contributed by atoms with Crippen molar-refractivity contribution in [3.63, 3.8) is 0 Å². The van der Waals surface area contributed by atoms with Gasteiger partial charge >= 0.3 is 5.97 Å². The number of benzene rings is 1. The third-order valence-electron chi connectivity index (χ3n) is 3.35. The van der Waals surface area contributed by atoms with Gasteiger partial charge in [-0.05, 0) is 48.7 Å². The molecule has 1 aromatic carbocycles. The Hall–Kier alpha value is -2.51. The van der Waals surface area contributed by atoms with Crippen molar-refractivity contribution < 1.29 is 18.7 Å². The van der Waals surface area contributed by atoms with Crippen molar-refractivity contribution in [1.29, 1.82) is 0 Å². The number of anilines is 1. The first kappa shape index (κ1) is 17.3. The van der Waals surface area contributed by atoms with Crippen LogP contribution in [0, 0.1) is 5.82 Å². The summed E-state index contributed by atoms with van der Waals surface area (Å²) in [5, 5.41) is 3.29. The first-order chi connectivity index (χ1) is 11.9. The van der Waals surface area contributed by atoms with E-state index >= 15 is 0 Å². The van der Waals surface area contributed by atoms with Gasteiger partial charge < -0.3 is 10.1 Å². The van der Waals surface area contributed by atoms with Crippen molar-refractivity contribution in [2.45, 2.75) is 13.0 Å². The maximum atomic E-state index is 13.2. The lowest BCUT2D eigenvalue weighted by molar-refractivity contribution is -0.123. The Bertz CT molecular complexity index is 960. The van der Waals surface area contributed by atoms with Crippen molar-refractivity contribution in [3.8, 4) is 0 Å². The molecule has 0 saturated carbocycles. The standard InChI is InChI=1S/C17H12ClFN2O3S/c1-9(16(22)21-12-3-2-6-20-15(12)18)24-17(23)14-8-10-7-11(19)4-5-13(10)25-14/h2-9H,1H3,(H,21,22)/t9-/m0/s1. The Balaban J connectivity index is 1.68. The second-order valence-electron chi connectivity index (χ2n) is 5.17. The van der Waals surface area contributed by atoms with Gasteiger partial charge in [-0.3, -0.25) is 4.79 Å². The third kappa shape index (κ3) is 3.94. The normalized spacial score (nSPS) is 12.0. The number of hydrogen-bond acceptors (Lipinski definition) is 5. The quantitative estimate of drug-likeness (QED) is 0.543. The largest absolute Gasteiger partial charge is 0.448 e. The number of fused-ring (bicyclic) bond motifs is 1. The van der Waals surface area contributed by atoms with Gasteiger partial charge in [0.25, 0.3) is 5.91 Å². The van der Waals surface area contributed by atoms with Crippen LogP contribution in [0.3, 0.4) is 0 Å². The van der Waals surface area contributed by atoms with E-state index in [9.17, 15) is 14.0 Å². The number of amides is 1. The minimum Gasteiger partial charge on any atom is -0.448 e. The molecule has 0 aliphatic carbocycles. The van der Waals surface area contributed by atoms with Crippen molar-refractivity contribution in [3.05, 3.63) is 58.4 Å². The number of nitrogens with zero attached hydrogens (tertiary/aromatic N) is 1. The first-order valence-corrected chi connectivity index (χ1v) is 8.45. The van der Waals surface area contributed by atoms with Crippen molar-refractivity contribution >= 4 is 50.6 Å². The fourth-order valence-corrected chi connectivity index (χ4v) is 3.19. The molecule has 0 bridgehead atoms. The van der Waals surface area contributed by atoms with Gasteiger partial charge in [0.2, 0.25) is 0 Å². The summed E-state index contributed by atoms with van der Waals surface area (Å²) in [5.41, 5.74) is 0.328. The Morgan fingerprint density at radius 1 is 1.32 bits per heavy atom. The average molecular weight is 379 g/mol. The van der Waals surface area contributed by atoms with Gasteiger partial charge in [-0.1, -0.05) is 11.6 Å². The number of carbonyl (C=O) groups excluding carboxylic acids is 2. The zero-order valence-corrected chi connectivity index (χ0v) is 14.5. The molecule has 1 amide bonds. The topological polar surface area (TPSA) is 68.3 Å². The Labute approximate surface area is 151 Å². The van der Waals surface area contributed by atoms with Crippen LogP contribution in [-0.4, -0.2) is 23.0 Å². The summed E-state index contributed by atoms with van der Waals surface area (Å²) in [7, 11) is 0. The van der Waals surface area contributed by atoms with Crippen LogP contribution in [0.1, 0.15) is 16.6 Å². The van der Waals surface area contributed by atoms with Gasteiger partial charge in [-0.2, -0.15) is 0 Å². The molecule has 8 heteroatoms. The highest BCUT2D eigenvalue weighted by Gasteiger charge is 2.21. The van der Waals surface area contributed by atoms with Crippen LogP contribution in [0.5, 0.6) is 0 Å². The van der Waals surface area contributed by atoms with E-state index in [4.69, 9.17) is 16.3 Å². The highest BCUT2D eigenvalue weighted by molar-refractivity contribution is 7.20. The van der Waals surface area contributed by atoms with E-state index in [2.05, 4.69) is 10.3 Å². The number of rotatable bonds is 4. The molecule has 5 nitrogen and oxygen atoms in total. The lowest BCUT2D eigenvalue weighted by atomic mass is 10.2. The second kappa shape index (κ2) is 7.16. The molecule has 0 spiro atoms. The van der Waals surface area contributed by atoms with Crippen molar-refractivity contribution in [2.24, 2.45) is 0 Å². The van der Waals surface area contributed by atoms with Crippen molar-refractivity contribution in [1.82, 2.24) is 4.98 Å². The monoisotopic (exact) mass is 378 g/mol. The molecule has 0 radical (unpaired) electrons. The Kier molecular flexibility index (Phi) is 4.96. The van der Waals surface area contributed by atoms with Gasteiger partial charge in [-0.15, -0.1) is 11.3 Å². The second-order valence-corrected chi connectivity index (χ2v) is 6.61. The summed E-state index contributed by atoms with van der Waals surface area (Å²) in [5.74, 6) is -1.57. The van der Waals surface area contributed by atoms with Crippen LogP contribution in [-0.2, 0) is 9.53 Å². The molecule has 128 valence electrons. The SMILES string of the molecule is C[C@H](OC(=O)c1cc2cc(F)ccc2s1)C(=O)Nc1cccnc1Cl. The number of hydrogen-bond donors (Lipinski definition) is 1. The van der Waals surface area contributed by atoms with E-state index in [1.165, 1.54) is 42.7 Å². The van der Waals surface area contributed by atoms with Gasteiger partial charge in [0.15, 0.2) is 11.3 Å². The van der Waals surface area contributed by atoms with E-state index in [-0.39, 0.29) is 11.0 Å². The van der Waals surface area contributed by atoms with Crippen LogP contribution in [0.4, 0.5) is 10.1 Å². The number of ether oxygens (including phenoxy) is 1. The third-order valence-corrected chi connectivity index (χ3v) is 4.75. The molecule has 0 unspecified atom stereocenters. The van der Waals surface area contributed by atoms with Crippen LogP contribution in [0.25, 0.3) is 10.1 Å². The summed E-state index contributed by atoms with van der Waals surface area (Å²) in [6.07, 6.45) is 0.455. The van der Waals surface area contributed by atoms with E-state index in [0.717, 1.165) is 4.70 Å². The number of halogens is 2. The number of thiophene rings is 1. The van der Waals surface area contributed by atoms with Gasteiger partial charge in [0.05, 0.1) is 5.69 Å². The van der Waals surface area contributed by atoms with Crippen molar-refractivity contribution in [2.75, 3.05) is 5.32 Å². The average Bonchev–Trinajstić information content (AvgIpc) is 3.00. The highest BCUT2D eigenvalue weighted by Crippen LogP contribution is 2.27. The lowest BCUT2D eigenvalue weighted by Gasteiger charge is -2.13. The fraction of sp³-hybridized carbons (Fsp3) is 0.118. The number of aromatic nitrogens is 1. The first-order valence-electron chi connectivity index (χ1n) is 7.25. The molecule has 1 atom stereocenters. The van der Waals surface area contributed by atoms with E-state index in [1.54, 1.807) is 18.2 Å². The summed E-state index contributed by atoms with van der Waals surface area (Å²) in [6.45, 7) is 1.45. The van der Waals surface area contributed by atoms with Crippen LogP contribution in [0.2, 0.25) is 5.15 Å². The van der Waals surface area contributed by atoms with Gasteiger partial charge in [0.1, 0.15) is 10.7 Å². The predicted molar refractivity (Wildman–Crippen MR) is 94.5 cm³/mol. The predicted octanol–water partition coefficient (Wildman–Crippen LogP) is 4.27. The minimum absolute atomic E-state index is 0.140. The number of nitrogens with one attached hydrogen (secondary N) is 1. The zero-order valence-electron chi connectivity index (χ0n) is 13.0. The molecule has 2 aromatic heterocycles. The fourth-order valence-electron chi connectivity index (χ4n) is 2.10. The summed E-state index contributed by atoms with van der Waals surface area (Å²) in [4.78, 5) is 28.5. The molecular weight excluding hydrogens is 367 g/mol. The molecular formula is C17H12ClFN2O3S.